The van der Waals surface area contributed by atoms with E-state index in [4.69, 9.17) is 9.72 Å². The molecule has 2 N–H and O–H groups in total. The number of nitrogens with one attached hydrogen (secondary N) is 1. The number of hydrogen-bond donors (Lipinski definition) is 2. The maximum absolute atomic E-state index is 14.5. The van der Waals surface area contributed by atoms with Crippen molar-refractivity contribution in [3.05, 3.63) is 36.3 Å². The van der Waals surface area contributed by atoms with E-state index in [9.17, 15) is 22.3 Å². The fourth-order valence-electron chi connectivity index (χ4n) is 5.64. The second-order valence-corrected chi connectivity index (χ2v) is 13.5. The van der Waals surface area contributed by atoms with Gasteiger partial charge in [0.15, 0.2) is 0 Å². The number of hydrogen-bond acceptors (Lipinski definition) is 11. The molecule has 2 aliphatic heterocycles. The van der Waals surface area contributed by atoms with Crippen molar-refractivity contribution in [2.24, 2.45) is 5.92 Å². The number of aliphatic hydroxyl groups is 1. The zero-order chi connectivity index (χ0) is 29.7. The lowest BCUT2D eigenvalue weighted by Gasteiger charge is -2.47. The van der Waals surface area contributed by atoms with Crippen LogP contribution in [0.25, 0.3) is 10.8 Å². The highest BCUT2D eigenvalue weighted by Crippen LogP contribution is 2.38. The fraction of sp³-hybridized carbons (Fsp3) is 0.556. The van der Waals surface area contributed by atoms with Crippen LogP contribution in [0.1, 0.15) is 32.3 Å². The molecule has 3 aromatic rings. The summed E-state index contributed by atoms with van der Waals surface area (Å²) >= 11 is 0. The summed E-state index contributed by atoms with van der Waals surface area (Å²) in [6, 6.07) is 3.52. The van der Waals surface area contributed by atoms with Crippen LogP contribution in [0.3, 0.4) is 0 Å². The van der Waals surface area contributed by atoms with E-state index in [-0.39, 0.29) is 36.1 Å². The third-order valence-electron chi connectivity index (χ3n) is 7.81. The van der Waals surface area contributed by atoms with Crippen LogP contribution in [0, 0.1) is 5.92 Å². The maximum atomic E-state index is 14.5. The quantitative estimate of drug-likeness (QED) is 0.401. The third-order valence-corrected chi connectivity index (χ3v) is 8.84. The lowest BCUT2D eigenvalue weighted by Crippen LogP contribution is -2.60. The fourth-order valence-corrected chi connectivity index (χ4v) is 6.80. The highest BCUT2D eigenvalue weighted by Gasteiger charge is 2.50. The molecule has 0 amide bonds. The average Bonchev–Trinajstić information content (AvgIpc) is 2.89. The third kappa shape index (κ3) is 5.90. The van der Waals surface area contributed by atoms with Crippen LogP contribution >= 0.6 is 0 Å². The molecule has 14 heteroatoms. The van der Waals surface area contributed by atoms with Gasteiger partial charge in [0.1, 0.15) is 39.5 Å². The molecule has 2 saturated heterocycles. The van der Waals surface area contributed by atoms with Crippen LogP contribution in [0.2, 0.25) is 0 Å². The average molecular weight is 592 g/mol. The van der Waals surface area contributed by atoms with E-state index in [1.165, 1.54) is 17.4 Å². The minimum atomic E-state index is -3.28. The van der Waals surface area contributed by atoms with Crippen molar-refractivity contribution in [1.29, 1.82) is 0 Å². The zero-order valence-corrected chi connectivity index (χ0v) is 24.4. The molecule has 3 aromatic heterocycles. The summed E-state index contributed by atoms with van der Waals surface area (Å²) in [6.07, 6.45) is 3.30. The number of anilines is 4. The number of β-amino-alcohol motifs (C(OH)–C–C–N with tert-alkyl or cyclic N) is 1. The summed E-state index contributed by atoms with van der Waals surface area (Å²) in [6.45, 7) is 5.97. The lowest BCUT2D eigenvalue weighted by atomic mass is 9.90. The highest BCUT2D eigenvalue weighted by atomic mass is 32.2. The monoisotopic (exact) mass is 591 g/mol. The van der Waals surface area contributed by atoms with Crippen LogP contribution in [-0.2, 0) is 14.6 Å². The van der Waals surface area contributed by atoms with Gasteiger partial charge in [-0.3, -0.25) is 0 Å². The summed E-state index contributed by atoms with van der Waals surface area (Å²) in [7, 11) is -1.93. The Morgan fingerprint density at radius 1 is 1.17 bits per heavy atom. The number of pyridine rings is 2. The first-order chi connectivity index (χ1) is 19.3. The van der Waals surface area contributed by atoms with E-state index in [0.717, 1.165) is 29.3 Å². The number of aromatic nitrogens is 4. The van der Waals surface area contributed by atoms with Gasteiger partial charge in [0, 0.05) is 62.4 Å². The number of fused-ring (bicyclic) bond motifs is 1. The second-order valence-electron chi connectivity index (χ2n) is 11.3. The molecule has 2 fully saturated rings. The van der Waals surface area contributed by atoms with E-state index in [0.29, 0.717) is 18.2 Å². The Morgan fingerprint density at radius 3 is 2.56 bits per heavy atom. The number of piperidine rings is 1. The molecule has 11 nitrogen and oxygen atoms in total. The summed E-state index contributed by atoms with van der Waals surface area (Å²) in [5.74, 6) is -1.27. The van der Waals surface area contributed by atoms with E-state index < -0.39 is 34.5 Å². The molecule has 0 radical (unpaired) electrons. The molecular weight excluding hydrogens is 556 g/mol. The van der Waals surface area contributed by atoms with E-state index in [1.54, 1.807) is 12.3 Å². The van der Waals surface area contributed by atoms with Gasteiger partial charge < -0.3 is 25.0 Å². The number of methoxy groups -OCH3 is 1. The van der Waals surface area contributed by atoms with Crippen LogP contribution in [0.15, 0.2) is 30.7 Å². The van der Waals surface area contributed by atoms with Gasteiger partial charge in [0.05, 0.1) is 12.3 Å². The largest absolute Gasteiger partial charge is 0.388 e. The Morgan fingerprint density at radius 2 is 1.93 bits per heavy atom. The van der Waals surface area contributed by atoms with Crippen LogP contribution in [-0.4, -0.2) is 96.4 Å². The van der Waals surface area contributed by atoms with E-state index >= 15 is 0 Å². The molecule has 2 aliphatic rings. The summed E-state index contributed by atoms with van der Waals surface area (Å²) < 4.78 is 57.5. The smallest absolute Gasteiger partial charge is 0.293 e. The van der Waals surface area contributed by atoms with Gasteiger partial charge >= 0.3 is 0 Å². The number of halogens is 2. The van der Waals surface area contributed by atoms with Crippen LogP contribution in [0.5, 0.6) is 0 Å². The van der Waals surface area contributed by atoms with Crippen molar-refractivity contribution in [1.82, 2.24) is 19.9 Å². The van der Waals surface area contributed by atoms with Gasteiger partial charge in [-0.2, -0.15) is 4.98 Å². The number of aliphatic hydroxyl groups excluding tert-OH is 1. The first kappa shape index (κ1) is 29.3. The molecule has 0 bridgehead atoms. The molecule has 0 spiro atoms. The van der Waals surface area contributed by atoms with Gasteiger partial charge in [0.25, 0.3) is 5.92 Å². The van der Waals surface area contributed by atoms with Crippen LogP contribution < -0.4 is 15.1 Å². The predicted octanol–water partition coefficient (Wildman–Crippen LogP) is 2.99. The van der Waals surface area contributed by atoms with E-state index in [2.05, 4.69) is 39.0 Å². The minimum absolute atomic E-state index is 0.0161. The number of alkyl halides is 2. The van der Waals surface area contributed by atoms with Crippen molar-refractivity contribution in [3.8, 4) is 0 Å². The van der Waals surface area contributed by atoms with Gasteiger partial charge in [-0.15, -0.1) is 0 Å². The van der Waals surface area contributed by atoms with Crippen LogP contribution in [0.4, 0.5) is 32.2 Å². The SMILES string of the molecule is CO[C@@H]1[C@H](O)CN(c2nccc(Nc3cc4c(C(C)C)cnc(N5C[C@H](CS(C)(=O)=O)[C@H]5C)c4cn3)n2)CC1(F)F. The Labute approximate surface area is 237 Å². The highest BCUT2D eigenvalue weighted by molar-refractivity contribution is 7.90. The standard InChI is InChI=1S/C27H35F2N7O4S/c1-15(2)19-9-32-25(36-11-17(16(36)3)13-41(5,38)39)20-10-31-23(8-18(19)20)33-22-6-7-30-26(34-22)35-12-21(37)24(40-4)27(28,29)14-35/h6-10,15-17,21,24,37H,11-14H2,1-5H3,(H,30,31,33,34)/t16-,17-,21-,24-/m1/s1. The van der Waals surface area contributed by atoms with Gasteiger partial charge in [-0.25, -0.2) is 32.2 Å². The molecule has 0 unspecified atom stereocenters. The molecule has 5 heterocycles. The normalized spacial score (nSPS) is 24.5. The molecule has 4 atom stereocenters. The first-order valence-electron chi connectivity index (χ1n) is 13.4. The van der Waals surface area contributed by atoms with Crippen molar-refractivity contribution in [2.45, 2.75) is 50.9 Å². The maximum Gasteiger partial charge on any atom is 0.293 e. The second kappa shape index (κ2) is 10.9. The number of ether oxygens (including phenoxy) is 1. The van der Waals surface area contributed by atoms with Crippen molar-refractivity contribution >= 4 is 44.0 Å². The molecule has 5 rings (SSSR count). The Kier molecular flexibility index (Phi) is 7.76. The first-order valence-corrected chi connectivity index (χ1v) is 15.5. The lowest BCUT2D eigenvalue weighted by molar-refractivity contribution is -0.171. The predicted molar refractivity (Wildman–Crippen MR) is 153 cm³/mol. The van der Waals surface area contributed by atoms with E-state index in [1.807, 2.05) is 19.2 Å². The number of sulfone groups is 1. The van der Waals surface area contributed by atoms with Gasteiger partial charge in [0.2, 0.25) is 5.95 Å². The van der Waals surface area contributed by atoms with Gasteiger partial charge in [-0.05, 0) is 35.9 Å². The molecule has 0 aromatic carbocycles. The van der Waals surface area contributed by atoms with Crippen molar-refractivity contribution < 1.29 is 27.0 Å². The topological polar surface area (TPSA) is 134 Å². The molecule has 0 saturated carbocycles. The molecule has 41 heavy (non-hydrogen) atoms. The summed E-state index contributed by atoms with van der Waals surface area (Å²) in [4.78, 5) is 21.2. The Hall–Kier alpha value is -3.23. The molecule has 222 valence electrons. The summed E-state index contributed by atoms with van der Waals surface area (Å²) in [5.41, 5.74) is 1.02. The molecule has 0 aliphatic carbocycles. The van der Waals surface area contributed by atoms with Gasteiger partial charge in [-0.1, -0.05) is 13.8 Å². The molecular formula is C27H35F2N7O4S. The minimum Gasteiger partial charge on any atom is -0.388 e. The zero-order valence-electron chi connectivity index (χ0n) is 23.6. The Balaban J connectivity index is 1.41. The number of nitrogens with zero attached hydrogens (tertiary/aromatic N) is 6. The van der Waals surface area contributed by atoms with Crippen molar-refractivity contribution in [2.75, 3.05) is 53.9 Å². The number of rotatable bonds is 8. The summed E-state index contributed by atoms with van der Waals surface area (Å²) in [5, 5.41) is 15.2. The van der Waals surface area contributed by atoms with Crippen molar-refractivity contribution in [3.63, 3.8) is 0 Å². The Bertz CT molecular complexity index is 1540.